The van der Waals surface area contributed by atoms with Crippen LogP contribution in [0.15, 0.2) is 24.3 Å². The first kappa shape index (κ1) is 13.9. The molecule has 0 saturated heterocycles. The van der Waals surface area contributed by atoms with E-state index in [-0.39, 0.29) is 0 Å². The summed E-state index contributed by atoms with van der Waals surface area (Å²) in [6.45, 7) is 8.20. The topological polar surface area (TPSA) is 15.3 Å². The lowest BCUT2D eigenvalue weighted by Crippen LogP contribution is -2.46. The summed E-state index contributed by atoms with van der Waals surface area (Å²) in [4.78, 5) is 2.63. The first-order chi connectivity index (χ1) is 9.78. The van der Waals surface area contributed by atoms with Crippen LogP contribution in [0.4, 0.5) is 5.69 Å². The molecule has 0 spiro atoms. The molecule has 0 bridgehead atoms. The maximum atomic E-state index is 3.78. The van der Waals surface area contributed by atoms with E-state index in [2.05, 4.69) is 48.3 Å². The second kappa shape index (κ2) is 6.17. The minimum absolute atomic E-state index is 0.688. The van der Waals surface area contributed by atoms with Gasteiger partial charge in [-0.15, -0.1) is 0 Å². The lowest BCUT2D eigenvalue weighted by atomic mass is 9.93. The maximum absolute atomic E-state index is 3.78. The molecule has 1 aromatic carbocycles. The van der Waals surface area contributed by atoms with Crippen LogP contribution in [0.1, 0.15) is 38.7 Å². The van der Waals surface area contributed by atoms with Gasteiger partial charge >= 0.3 is 0 Å². The average molecular weight is 272 g/mol. The Labute approximate surface area is 123 Å². The molecule has 3 rings (SSSR count). The van der Waals surface area contributed by atoms with Crippen LogP contribution in [0, 0.1) is 11.8 Å². The summed E-state index contributed by atoms with van der Waals surface area (Å²) in [6, 6.07) is 9.68. The van der Waals surface area contributed by atoms with Crippen LogP contribution < -0.4 is 10.2 Å². The van der Waals surface area contributed by atoms with Crippen LogP contribution in [0.25, 0.3) is 0 Å². The SMILES string of the molecule is CCCNC(CN1CC(C)Cc2ccccc21)C1CC1. The smallest absolute Gasteiger partial charge is 0.0399 e. The van der Waals surface area contributed by atoms with Crippen molar-refractivity contribution in [3.63, 3.8) is 0 Å². The molecule has 1 N–H and O–H groups in total. The fourth-order valence-corrected chi connectivity index (χ4v) is 3.53. The largest absolute Gasteiger partial charge is 0.369 e. The Bertz CT molecular complexity index is 439. The first-order valence-electron chi connectivity index (χ1n) is 8.34. The van der Waals surface area contributed by atoms with E-state index in [1.807, 2.05) is 0 Å². The summed E-state index contributed by atoms with van der Waals surface area (Å²) in [6.07, 6.45) is 5.32. The number of fused-ring (bicyclic) bond motifs is 1. The molecule has 1 saturated carbocycles. The molecular formula is C18H28N2. The van der Waals surface area contributed by atoms with Gasteiger partial charge in [0.25, 0.3) is 0 Å². The molecule has 1 aromatic rings. The molecule has 1 fully saturated rings. The monoisotopic (exact) mass is 272 g/mol. The van der Waals surface area contributed by atoms with Gasteiger partial charge in [0.2, 0.25) is 0 Å². The quantitative estimate of drug-likeness (QED) is 0.853. The van der Waals surface area contributed by atoms with Gasteiger partial charge in [0.1, 0.15) is 0 Å². The van der Waals surface area contributed by atoms with Crippen molar-refractivity contribution in [3.05, 3.63) is 29.8 Å². The van der Waals surface area contributed by atoms with E-state index < -0.39 is 0 Å². The first-order valence-corrected chi connectivity index (χ1v) is 8.34. The number of hydrogen-bond acceptors (Lipinski definition) is 2. The molecular weight excluding hydrogens is 244 g/mol. The van der Waals surface area contributed by atoms with Crippen molar-refractivity contribution in [1.29, 1.82) is 0 Å². The van der Waals surface area contributed by atoms with Crippen LogP contribution in [-0.4, -0.2) is 25.7 Å². The molecule has 2 nitrogen and oxygen atoms in total. The number of hydrogen-bond donors (Lipinski definition) is 1. The highest BCUT2D eigenvalue weighted by molar-refractivity contribution is 5.55. The number of benzene rings is 1. The summed E-state index contributed by atoms with van der Waals surface area (Å²) < 4.78 is 0. The minimum Gasteiger partial charge on any atom is -0.369 e. The number of rotatable bonds is 6. The molecule has 0 amide bonds. The standard InChI is InChI=1S/C18H28N2/c1-3-10-19-17(15-8-9-15)13-20-12-14(2)11-16-6-4-5-7-18(16)20/h4-7,14-15,17,19H,3,8-13H2,1-2H3. The minimum atomic E-state index is 0.688. The van der Waals surface area contributed by atoms with Crippen LogP contribution in [0.3, 0.4) is 0 Å². The fourth-order valence-electron chi connectivity index (χ4n) is 3.53. The lowest BCUT2D eigenvalue weighted by molar-refractivity contribution is 0.433. The van der Waals surface area contributed by atoms with E-state index in [4.69, 9.17) is 0 Å². The van der Waals surface area contributed by atoms with Crippen LogP contribution in [0.2, 0.25) is 0 Å². The Morgan fingerprint density at radius 2 is 2.10 bits per heavy atom. The Kier molecular flexibility index (Phi) is 4.30. The van der Waals surface area contributed by atoms with Crippen LogP contribution in [-0.2, 0) is 6.42 Å². The fraction of sp³-hybridized carbons (Fsp3) is 0.667. The van der Waals surface area contributed by atoms with Crippen molar-refractivity contribution >= 4 is 5.69 Å². The van der Waals surface area contributed by atoms with E-state index in [0.29, 0.717) is 6.04 Å². The molecule has 2 unspecified atom stereocenters. The molecule has 2 heteroatoms. The molecule has 20 heavy (non-hydrogen) atoms. The van der Waals surface area contributed by atoms with Gasteiger partial charge in [-0.3, -0.25) is 0 Å². The van der Waals surface area contributed by atoms with E-state index in [0.717, 1.165) is 18.4 Å². The summed E-state index contributed by atoms with van der Waals surface area (Å²) in [5.41, 5.74) is 3.02. The van der Waals surface area contributed by atoms with Gasteiger partial charge < -0.3 is 10.2 Å². The predicted molar refractivity (Wildman–Crippen MR) is 86.3 cm³/mol. The molecule has 110 valence electrons. The molecule has 0 radical (unpaired) electrons. The molecule has 1 aliphatic heterocycles. The van der Waals surface area contributed by atoms with Crippen molar-refractivity contribution in [2.24, 2.45) is 11.8 Å². The summed E-state index contributed by atoms with van der Waals surface area (Å²) >= 11 is 0. The van der Waals surface area contributed by atoms with Gasteiger partial charge in [-0.25, -0.2) is 0 Å². The molecule has 1 aliphatic carbocycles. The van der Waals surface area contributed by atoms with Gasteiger partial charge in [-0.2, -0.15) is 0 Å². The zero-order chi connectivity index (χ0) is 13.9. The highest BCUT2D eigenvalue weighted by atomic mass is 15.2. The third-order valence-corrected chi connectivity index (χ3v) is 4.70. The van der Waals surface area contributed by atoms with Crippen molar-refractivity contribution in [1.82, 2.24) is 5.32 Å². The van der Waals surface area contributed by atoms with Gasteiger partial charge in [0, 0.05) is 24.8 Å². The Balaban J connectivity index is 1.72. The second-order valence-corrected chi connectivity index (χ2v) is 6.74. The Morgan fingerprint density at radius 1 is 1.30 bits per heavy atom. The predicted octanol–water partition coefficient (Wildman–Crippen LogP) is 3.46. The average Bonchev–Trinajstić information content (AvgIpc) is 3.27. The maximum Gasteiger partial charge on any atom is 0.0399 e. The second-order valence-electron chi connectivity index (χ2n) is 6.74. The van der Waals surface area contributed by atoms with Crippen molar-refractivity contribution < 1.29 is 0 Å². The van der Waals surface area contributed by atoms with E-state index in [1.165, 1.54) is 50.0 Å². The Morgan fingerprint density at radius 3 is 2.85 bits per heavy atom. The normalized spacial score (nSPS) is 23.5. The highest BCUT2D eigenvalue weighted by Crippen LogP contribution is 2.35. The lowest BCUT2D eigenvalue weighted by Gasteiger charge is -2.37. The van der Waals surface area contributed by atoms with Crippen molar-refractivity contribution in [3.8, 4) is 0 Å². The van der Waals surface area contributed by atoms with Gasteiger partial charge in [-0.1, -0.05) is 32.0 Å². The van der Waals surface area contributed by atoms with Gasteiger partial charge in [-0.05, 0) is 55.7 Å². The molecule has 2 atom stereocenters. The van der Waals surface area contributed by atoms with Gasteiger partial charge in [0.15, 0.2) is 0 Å². The summed E-state index contributed by atoms with van der Waals surface area (Å²) in [7, 11) is 0. The summed E-state index contributed by atoms with van der Waals surface area (Å²) in [5, 5.41) is 3.78. The zero-order valence-electron chi connectivity index (χ0n) is 12.9. The molecule has 1 heterocycles. The van der Waals surface area contributed by atoms with E-state index in [9.17, 15) is 0 Å². The zero-order valence-corrected chi connectivity index (χ0v) is 12.9. The van der Waals surface area contributed by atoms with Crippen LogP contribution >= 0.6 is 0 Å². The van der Waals surface area contributed by atoms with Crippen molar-refractivity contribution in [2.45, 2.75) is 45.6 Å². The van der Waals surface area contributed by atoms with Gasteiger partial charge in [0.05, 0.1) is 0 Å². The number of anilines is 1. The third kappa shape index (κ3) is 3.17. The number of para-hydroxylation sites is 1. The third-order valence-electron chi connectivity index (χ3n) is 4.70. The highest BCUT2D eigenvalue weighted by Gasteiger charge is 2.33. The number of nitrogens with one attached hydrogen (secondary N) is 1. The van der Waals surface area contributed by atoms with E-state index >= 15 is 0 Å². The molecule has 0 aromatic heterocycles. The summed E-state index contributed by atoms with van der Waals surface area (Å²) in [5.74, 6) is 1.70. The molecule has 2 aliphatic rings. The van der Waals surface area contributed by atoms with E-state index in [1.54, 1.807) is 0 Å². The number of nitrogens with zero attached hydrogens (tertiary/aromatic N) is 1. The van der Waals surface area contributed by atoms with Crippen LogP contribution in [0.5, 0.6) is 0 Å². The van der Waals surface area contributed by atoms with Crippen molar-refractivity contribution in [2.75, 3.05) is 24.5 Å². The Hall–Kier alpha value is -1.02.